The van der Waals surface area contributed by atoms with E-state index in [1.165, 1.54) is 36.1 Å². The molecule has 0 aliphatic heterocycles. The molecular weight excluding hydrogens is 307 g/mol. The van der Waals surface area contributed by atoms with E-state index in [9.17, 15) is 14.0 Å². The minimum atomic E-state index is -0.363. The number of halogens is 1. The van der Waals surface area contributed by atoms with Crippen molar-refractivity contribution in [2.45, 2.75) is 26.8 Å². The number of hydrogen-bond donors (Lipinski definition) is 1. The van der Waals surface area contributed by atoms with Crippen molar-refractivity contribution in [1.29, 1.82) is 0 Å². The first-order valence-corrected chi connectivity index (χ1v) is 7.82. The first-order chi connectivity index (χ1) is 11.5. The van der Waals surface area contributed by atoms with Crippen LogP contribution >= 0.6 is 0 Å². The van der Waals surface area contributed by atoms with E-state index in [0.717, 1.165) is 11.1 Å². The molecule has 1 N–H and O–H groups in total. The predicted octanol–water partition coefficient (Wildman–Crippen LogP) is 3.19. The van der Waals surface area contributed by atoms with Gasteiger partial charge in [0.05, 0.1) is 0 Å². The van der Waals surface area contributed by atoms with Crippen LogP contribution in [0.4, 0.5) is 10.1 Å². The van der Waals surface area contributed by atoms with Gasteiger partial charge in [-0.1, -0.05) is 24.3 Å². The summed E-state index contributed by atoms with van der Waals surface area (Å²) in [5, 5.41) is 2.86. The lowest BCUT2D eigenvalue weighted by atomic mass is 10.1. The zero-order valence-corrected chi connectivity index (χ0v) is 13.9. The van der Waals surface area contributed by atoms with Crippen molar-refractivity contribution in [3.63, 3.8) is 0 Å². The SMILES string of the molecule is CC(=O)N(CCC(=O)NCc1ccccc1C)c1ccc(F)cc1. The molecule has 0 unspecified atom stereocenters. The van der Waals surface area contributed by atoms with E-state index in [0.29, 0.717) is 12.2 Å². The van der Waals surface area contributed by atoms with Gasteiger partial charge in [-0.3, -0.25) is 9.59 Å². The van der Waals surface area contributed by atoms with E-state index in [4.69, 9.17) is 0 Å². The Kier molecular flexibility index (Phi) is 6.07. The summed E-state index contributed by atoms with van der Waals surface area (Å²) in [6, 6.07) is 13.5. The van der Waals surface area contributed by atoms with Gasteiger partial charge in [0.25, 0.3) is 0 Å². The van der Waals surface area contributed by atoms with Gasteiger partial charge in [-0.2, -0.15) is 0 Å². The molecule has 0 saturated heterocycles. The molecule has 0 bridgehead atoms. The molecule has 0 aliphatic rings. The summed E-state index contributed by atoms with van der Waals surface area (Å²) in [6.07, 6.45) is 0.183. The fraction of sp³-hybridized carbons (Fsp3) is 0.263. The molecule has 126 valence electrons. The number of nitrogens with one attached hydrogen (secondary N) is 1. The lowest BCUT2D eigenvalue weighted by molar-refractivity contribution is -0.121. The summed E-state index contributed by atoms with van der Waals surface area (Å²) in [6.45, 7) is 4.13. The Morgan fingerprint density at radius 1 is 1.08 bits per heavy atom. The molecule has 0 saturated carbocycles. The lowest BCUT2D eigenvalue weighted by Crippen LogP contribution is -2.33. The highest BCUT2D eigenvalue weighted by Gasteiger charge is 2.13. The molecule has 0 radical (unpaired) electrons. The minimum absolute atomic E-state index is 0.133. The Balaban J connectivity index is 1.90. The number of carbonyl (C=O) groups excluding carboxylic acids is 2. The van der Waals surface area contributed by atoms with Crippen molar-refractivity contribution < 1.29 is 14.0 Å². The predicted molar refractivity (Wildman–Crippen MR) is 92.1 cm³/mol. The second-order valence-electron chi connectivity index (χ2n) is 5.60. The molecule has 0 heterocycles. The molecule has 0 aliphatic carbocycles. The average Bonchev–Trinajstić information content (AvgIpc) is 2.55. The molecule has 0 atom stereocenters. The Morgan fingerprint density at radius 2 is 1.75 bits per heavy atom. The number of aryl methyl sites for hydroxylation is 1. The third kappa shape index (κ3) is 4.91. The highest BCUT2D eigenvalue weighted by molar-refractivity contribution is 5.92. The highest BCUT2D eigenvalue weighted by Crippen LogP contribution is 2.15. The Hall–Kier alpha value is -2.69. The van der Waals surface area contributed by atoms with E-state index in [2.05, 4.69) is 5.32 Å². The smallest absolute Gasteiger partial charge is 0.223 e. The normalized spacial score (nSPS) is 10.3. The first kappa shape index (κ1) is 17.7. The van der Waals surface area contributed by atoms with Crippen molar-refractivity contribution in [3.05, 3.63) is 65.5 Å². The number of hydrogen-bond acceptors (Lipinski definition) is 2. The summed E-state index contributed by atoms with van der Waals surface area (Å²) in [4.78, 5) is 25.3. The van der Waals surface area contributed by atoms with Crippen molar-refractivity contribution >= 4 is 17.5 Å². The van der Waals surface area contributed by atoms with Crippen LogP contribution in [0.3, 0.4) is 0 Å². The molecule has 4 nitrogen and oxygen atoms in total. The van der Waals surface area contributed by atoms with Gasteiger partial charge in [0, 0.05) is 32.1 Å². The van der Waals surface area contributed by atoms with Crippen molar-refractivity contribution in [2.75, 3.05) is 11.4 Å². The third-order valence-corrected chi connectivity index (χ3v) is 3.82. The van der Waals surface area contributed by atoms with E-state index < -0.39 is 0 Å². The van der Waals surface area contributed by atoms with Crippen molar-refractivity contribution in [1.82, 2.24) is 5.32 Å². The molecule has 2 aromatic carbocycles. The zero-order chi connectivity index (χ0) is 17.5. The summed E-state index contributed by atoms with van der Waals surface area (Å²) < 4.78 is 13.0. The van der Waals surface area contributed by atoms with Gasteiger partial charge in [0.15, 0.2) is 0 Å². The Labute approximate surface area is 141 Å². The van der Waals surface area contributed by atoms with Gasteiger partial charge < -0.3 is 10.2 Å². The third-order valence-electron chi connectivity index (χ3n) is 3.82. The maximum absolute atomic E-state index is 13.0. The number of anilines is 1. The quantitative estimate of drug-likeness (QED) is 0.885. The van der Waals surface area contributed by atoms with E-state index >= 15 is 0 Å². The summed E-state index contributed by atoms with van der Waals surface area (Å²) in [7, 11) is 0. The molecule has 0 aromatic heterocycles. The van der Waals surface area contributed by atoms with Crippen LogP contribution in [0.5, 0.6) is 0 Å². The zero-order valence-electron chi connectivity index (χ0n) is 13.9. The molecule has 5 heteroatoms. The molecule has 0 spiro atoms. The summed E-state index contributed by atoms with van der Waals surface area (Å²) >= 11 is 0. The Bertz CT molecular complexity index is 714. The summed E-state index contributed by atoms with van der Waals surface area (Å²) in [5.41, 5.74) is 2.76. The monoisotopic (exact) mass is 328 g/mol. The highest BCUT2D eigenvalue weighted by atomic mass is 19.1. The second-order valence-corrected chi connectivity index (χ2v) is 5.60. The van der Waals surface area contributed by atoms with Crippen LogP contribution in [0.25, 0.3) is 0 Å². The van der Waals surface area contributed by atoms with Gasteiger partial charge in [0.1, 0.15) is 5.82 Å². The lowest BCUT2D eigenvalue weighted by Gasteiger charge is -2.21. The summed E-state index contributed by atoms with van der Waals surface area (Å²) in [5.74, 6) is -0.682. The second kappa shape index (κ2) is 8.24. The van der Waals surface area contributed by atoms with E-state index in [1.54, 1.807) is 0 Å². The largest absolute Gasteiger partial charge is 0.352 e. The van der Waals surface area contributed by atoms with Gasteiger partial charge in [0.2, 0.25) is 11.8 Å². The van der Waals surface area contributed by atoms with Gasteiger partial charge in [-0.15, -0.1) is 0 Å². The number of carbonyl (C=O) groups is 2. The van der Waals surface area contributed by atoms with Gasteiger partial charge in [-0.05, 0) is 42.3 Å². The average molecular weight is 328 g/mol. The van der Waals surface area contributed by atoms with Crippen LogP contribution < -0.4 is 10.2 Å². The molecule has 2 aromatic rings. The number of benzene rings is 2. The first-order valence-electron chi connectivity index (χ1n) is 7.82. The van der Waals surface area contributed by atoms with Gasteiger partial charge in [-0.25, -0.2) is 4.39 Å². The molecule has 2 rings (SSSR count). The standard InChI is InChI=1S/C19H21FN2O2/c1-14-5-3-4-6-16(14)13-21-19(24)11-12-22(15(2)23)18-9-7-17(20)8-10-18/h3-10H,11-13H2,1-2H3,(H,21,24). The molecule has 24 heavy (non-hydrogen) atoms. The Morgan fingerprint density at radius 3 is 2.38 bits per heavy atom. The maximum Gasteiger partial charge on any atom is 0.223 e. The van der Waals surface area contributed by atoms with Crippen molar-refractivity contribution in [3.8, 4) is 0 Å². The number of amides is 2. The van der Waals surface area contributed by atoms with Crippen LogP contribution in [0.2, 0.25) is 0 Å². The molecule has 0 fully saturated rings. The molecular formula is C19H21FN2O2. The van der Waals surface area contributed by atoms with Crippen LogP contribution in [-0.4, -0.2) is 18.4 Å². The fourth-order valence-electron chi connectivity index (χ4n) is 2.39. The minimum Gasteiger partial charge on any atom is -0.352 e. The van der Waals surface area contributed by atoms with Crippen LogP contribution in [0, 0.1) is 12.7 Å². The molecule has 2 amide bonds. The van der Waals surface area contributed by atoms with Crippen LogP contribution in [0.15, 0.2) is 48.5 Å². The van der Waals surface area contributed by atoms with Crippen LogP contribution in [0.1, 0.15) is 24.5 Å². The van der Waals surface area contributed by atoms with Crippen molar-refractivity contribution in [2.24, 2.45) is 0 Å². The van der Waals surface area contributed by atoms with Gasteiger partial charge >= 0.3 is 0 Å². The number of nitrogens with zero attached hydrogens (tertiary/aromatic N) is 1. The van der Waals surface area contributed by atoms with E-state index in [-0.39, 0.29) is 30.6 Å². The maximum atomic E-state index is 13.0. The number of rotatable bonds is 6. The van der Waals surface area contributed by atoms with E-state index in [1.807, 2.05) is 31.2 Å². The fourth-order valence-corrected chi connectivity index (χ4v) is 2.39. The van der Waals surface area contributed by atoms with Crippen LogP contribution in [-0.2, 0) is 16.1 Å². The topological polar surface area (TPSA) is 49.4 Å².